The minimum absolute atomic E-state index is 0.255. The first-order valence-corrected chi connectivity index (χ1v) is 10.4. The van der Waals surface area contributed by atoms with Gasteiger partial charge < -0.3 is 15.5 Å². The summed E-state index contributed by atoms with van der Waals surface area (Å²) in [7, 11) is 0. The first-order valence-electron chi connectivity index (χ1n) is 10.4. The fourth-order valence-electron chi connectivity index (χ4n) is 4.42. The van der Waals surface area contributed by atoms with Crippen molar-refractivity contribution in [2.24, 2.45) is 23.7 Å². The zero-order chi connectivity index (χ0) is 20.0. The number of amides is 1. The van der Waals surface area contributed by atoms with Crippen molar-refractivity contribution in [3.05, 3.63) is 23.8 Å². The Balaban J connectivity index is 1.73. The Hall–Kier alpha value is -1.62. The van der Waals surface area contributed by atoms with Gasteiger partial charge in [0.2, 0.25) is 5.91 Å². The highest BCUT2D eigenvalue weighted by Gasteiger charge is 2.33. The Morgan fingerprint density at radius 2 is 2.00 bits per heavy atom. The van der Waals surface area contributed by atoms with Gasteiger partial charge in [-0.05, 0) is 74.7 Å². The van der Waals surface area contributed by atoms with Crippen LogP contribution in [0.15, 0.2) is 23.8 Å². The fourth-order valence-corrected chi connectivity index (χ4v) is 4.42. The minimum atomic E-state index is -1.04. The zero-order valence-electron chi connectivity index (χ0n) is 16.9. The van der Waals surface area contributed by atoms with Crippen molar-refractivity contribution in [1.82, 2.24) is 5.32 Å². The van der Waals surface area contributed by atoms with Crippen LogP contribution in [0.3, 0.4) is 0 Å². The monoisotopic (exact) mass is 377 g/mol. The lowest BCUT2D eigenvalue weighted by atomic mass is 9.66. The number of fused-ring (bicyclic) bond motifs is 1. The summed E-state index contributed by atoms with van der Waals surface area (Å²) in [5.41, 5.74) is 1.48. The number of hydrogen-bond acceptors (Lipinski definition) is 3. The molecular weight excluding hydrogens is 342 g/mol. The molecule has 0 aromatic heterocycles. The third kappa shape index (κ3) is 6.49. The number of rotatable bonds is 9. The maximum atomic E-state index is 11.7. The highest BCUT2D eigenvalue weighted by Crippen LogP contribution is 2.43. The molecule has 2 aliphatic carbocycles. The van der Waals surface area contributed by atoms with Gasteiger partial charge in [-0.2, -0.15) is 0 Å². The van der Waals surface area contributed by atoms with Gasteiger partial charge in [-0.1, -0.05) is 32.1 Å². The van der Waals surface area contributed by atoms with Crippen LogP contribution in [0.1, 0.15) is 65.7 Å². The molecule has 0 heterocycles. The summed E-state index contributed by atoms with van der Waals surface area (Å²) >= 11 is 0. The number of aliphatic carboxylic acids is 1. The normalized spacial score (nSPS) is 29.4. The summed E-state index contributed by atoms with van der Waals surface area (Å²) in [5, 5.41) is 21.6. The lowest BCUT2D eigenvalue weighted by Crippen LogP contribution is -2.38. The fraction of sp³-hybridized carbons (Fsp3) is 0.727. The number of carboxylic acid groups (broad SMARTS) is 1. The number of allylic oxidation sites excluding steroid dienone is 4. The van der Waals surface area contributed by atoms with Gasteiger partial charge in [0.15, 0.2) is 0 Å². The van der Waals surface area contributed by atoms with Crippen molar-refractivity contribution in [2.75, 3.05) is 0 Å². The second-order valence-corrected chi connectivity index (χ2v) is 8.46. The van der Waals surface area contributed by atoms with E-state index in [1.54, 1.807) is 0 Å². The molecule has 5 nitrogen and oxygen atoms in total. The van der Waals surface area contributed by atoms with E-state index in [1.807, 2.05) is 0 Å². The van der Waals surface area contributed by atoms with E-state index in [9.17, 15) is 14.7 Å². The smallest absolute Gasteiger partial charge is 0.325 e. The van der Waals surface area contributed by atoms with Crippen molar-refractivity contribution in [3.63, 3.8) is 0 Å². The molecule has 0 fully saturated rings. The van der Waals surface area contributed by atoms with E-state index in [4.69, 9.17) is 5.11 Å². The Bertz CT molecular complexity index is 583. The largest absolute Gasteiger partial charge is 0.480 e. The van der Waals surface area contributed by atoms with Gasteiger partial charge in [0.1, 0.15) is 6.04 Å². The topological polar surface area (TPSA) is 86.6 Å². The Kier molecular flexibility index (Phi) is 8.08. The SMILES string of the molecule is CC(NC(=O)CCCC(O)CCC1C(C)C=CC2=C[C@H](C)CCC21)C(=O)O. The van der Waals surface area contributed by atoms with Crippen molar-refractivity contribution >= 4 is 11.9 Å². The quantitative estimate of drug-likeness (QED) is 0.572. The molecule has 0 saturated carbocycles. The van der Waals surface area contributed by atoms with Crippen LogP contribution in [0, 0.1) is 23.7 Å². The molecule has 0 saturated heterocycles. The van der Waals surface area contributed by atoms with Crippen LogP contribution < -0.4 is 5.32 Å². The second kappa shape index (κ2) is 10.1. The Labute approximate surface area is 162 Å². The number of hydrogen-bond donors (Lipinski definition) is 3. The van der Waals surface area contributed by atoms with Gasteiger partial charge in [-0.15, -0.1) is 0 Å². The van der Waals surface area contributed by atoms with Crippen LogP contribution in [-0.2, 0) is 9.59 Å². The number of carbonyl (C=O) groups is 2. The van der Waals surface area contributed by atoms with Crippen LogP contribution in [-0.4, -0.2) is 34.2 Å². The summed E-state index contributed by atoms with van der Waals surface area (Å²) in [5.74, 6) is 1.10. The van der Waals surface area contributed by atoms with Crippen LogP contribution in [0.5, 0.6) is 0 Å². The van der Waals surface area contributed by atoms with E-state index in [2.05, 4.69) is 37.4 Å². The van der Waals surface area contributed by atoms with E-state index >= 15 is 0 Å². The summed E-state index contributed by atoms with van der Waals surface area (Å²) in [6, 6.07) is -0.872. The molecule has 1 amide bonds. The van der Waals surface area contributed by atoms with Gasteiger partial charge >= 0.3 is 5.97 Å². The first kappa shape index (κ1) is 21.7. The zero-order valence-corrected chi connectivity index (χ0v) is 16.9. The second-order valence-electron chi connectivity index (χ2n) is 8.46. The van der Waals surface area contributed by atoms with Crippen LogP contribution in [0.2, 0.25) is 0 Å². The minimum Gasteiger partial charge on any atom is -0.480 e. The Morgan fingerprint density at radius 1 is 1.26 bits per heavy atom. The third-order valence-corrected chi connectivity index (χ3v) is 6.14. The van der Waals surface area contributed by atoms with Crippen molar-refractivity contribution in [1.29, 1.82) is 0 Å². The van der Waals surface area contributed by atoms with E-state index in [0.29, 0.717) is 36.5 Å². The van der Waals surface area contributed by atoms with Crippen molar-refractivity contribution < 1.29 is 19.8 Å². The van der Waals surface area contributed by atoms with Gasteiger partial charge in [0, 0.05) is 6.42 Å². The maximum Gasteiger partial charge on any atom is 0.325 e. The molecule has 2 rings (SSSR count). The molecule has 27 heavy (non-hydrogen) atoms. The average molecular weight is 378 g/mol. The van der Waals surface area contributed by atoms with Gasteiger partial charge in [0.05, 0.1) is 6.10 Å². The molecule has 152 valence electrons. The van der Waals surface area contributed by atoms with E-state index in [0.717, 1.165) is 12.8 Å². The first-order chi connectivity index (χ1) is 12.8. The molecule has 0 radical (unpaired) electrons. The molecule has 6 atom stereocenters. The van der Waals surface area contributed by atoms with Gasteiger partial charge in [0.25, 0.3) is 0 Å². The van der Waals surface area contributed by atoms with Crippen molar-refractivity contribution in [3.8, 4) is 0 Å². The van der Waals surface area contributed by atoms with Gasteiger partial charge in [-0.25, -0.2) is 0 Å². The average Bonchev–Trinajstić information content (AvgIpc) is 2.60. The number of nitrogens with one attached hydrogen (secondary N) is 1. The Morgan fingerprint density at radius 3 is 2.70 bits per heavy atom. The molecule has 0 aromatic rings. The van der Waals surface area contributed by atoms with Gasteiger partial charge in [-0.3, -0.25) is 9.59 Å². The summed E-state index contributed by atoms with van der Waals surface area (Å²) in [4.78, 5) is 22.4. The molecule has 0 aliphatic heterocycles. The molecule has 0 spiro atoms. The molecule has 0 aromatic carbocycles. The van der Waals surface area contributed by atoms with E-state index < -0.39 is 18.1 Å². The van der Waals surface area contributed by atoms with Crippen molar-refractivity contribution in [2.45, 2.75) is 77.9 Å². The molecular formula is C22H35NO4. The van der Waals surface area contributed by atoms with Crippen LogP contribution in [0.4, 0.5) is 0 Å². The standard InChI is InChI=1S/C22H35NO4/c1-14-7-11-20-17(13-14)9-8-15(2)19(20)12-10-18(24)5-4-6-21(25)23-16(3)22(26)27/h8-9,13-16,18-20,24H,4-7,10-12H2,1-3H3,(H,23,25)(H,26,27)/t14-,15?,16?,18?,19?,20?/m1/s1. The van der Waals surface area contributed by atoms with Crippen LogP contribution in [0.25, 0.3) is 0 Å². The molecule has 5 heteroatoms. The number of aliphatic hydroxyl groups is 1. The number of aliphatic hydroxyl groups excluding tert-OH is 1. The number of carbonyl (C=O) groups excluding carboxylic acids is 1. The molecule has 0 bridgehead atoms. The molecule has 2 aliphatic rings. The predicted octanol–water partition coefficient (Wildman–Crippen LogP) is 3.68. The summed E-state index contributed by atoms with van der Waals surface area (Å²) in [6.07, 6.45) is 12.3. The molecule has 5 unspecified atom stereocenters. The lowest BCUT2D eigenvalue weighted by Gasteiger charge is -2.38. The lowest BCUT2D eigenvalue weighted by molar-refractivity contribution is -0.141. The molecule has 3 N–H and O–H groups in total. The van der Waals surface area contributed by atoms with E-state index in [-0.39, 0.29) is 12.3 Å². The van der Waals surface area contributed by atoms with Crippen LogP contribution >= 0.6 is 0 Å². The number of carboxylic acids is 1. The maximum absolute atomic E-state index is 11.7. The van der Waals surface area contributed by atoms with E-state index in [1.165, 1.54) is 25.3 Å². The third-order valence-electron chi connectivity index (χ3n) is 6.14. The highest BCUT2D eigenvalue weighted by atomic mass is 16.4. The summed E-state index contributed by atoms with van der Waals surface area (Å²) in [6.45, 7) is 6.00. The predicted molar refractivity (Wildman–Crippen MR) is 106 cm³/mol. The highest BCUT2D eigenvalue weighted by molar-refractivity contribution is 5.83. The summed E-state index contributed by atoms with van der Waals surface area (Å²) < 4.78 is 0.